The van der Waals surface area contributed by atoms with Crippen LogP contribution in [0.25, 0.3) is 0 Å². The molecule has 0 heterocycles. The molecule has 1 rings (SSSR count). The van der Waals surface area contributed by atoms with Crippen LogP contribution in [0.5, 0.6) is 5.75 Å². The topological polar surface area (TPSA) is 21.3 Å². The van der Waals surface area contributed by atoms with Gasteiger partial charge in [-0.3, -0.25) is 0 Å². The summed E-state index contributed by atoms with van der Waals surface area (Å²) in [7, 11) is 3.76. The smallest absolute Gasteiger partial charge is 0.118 e. The van der Waals surface area contributed by atoms with Crippen molar-refractivity contribution in [1.29, 1.82) is 0 Å². The van der Waals surface area contributed by atoms with Gasteiger partial charge in [0.05, 0.1) is 7.11 Å². The van der Waals surface area contributed by atoms with E-state index in [9.17, 15) is 0 Å². The second-order valence-electron chi connectivity index (χ2n) is 4.71. The summed E-state index contributed by atoms with van der Waals surface area (Å²) >= 11 is 0. The van der Waals surface area contributed by atoms with E-state index in [0.717, 1.165) is 12.2 Å². The standard InChI is InChI=1S/C15H25NO/c1-5-6-15(16-3)12(2)11-13-7-9-14(17-4)10-8-13/h7-10,12,15-16H,5-6,11H2,1-4H3. The summed E-state index contributed by atoms with van der Waals surface area (Å²) in [6.45, 7) is 4.56. The van der Waals surface area contributed by atoms with Crippen LogP contribution in [-0.4, -0.2) is 20.2 Å². The molecule has 2 heteroatoms. The van der Waals surface area contributed by atoms with E-state index in [0.29, 0.717) is 12.0 Å². The minimum atomic E-state index is 0.613. The number of methoxy groups -OCH3 is 1. The van der Waals surface area contributed by atoms with Gasteiger partial charge in [0.1, 0.15) is 5.75 Å². The highest BCUT2D eigenvalue weighted by Gasteiger charge is 2.14. The quantitative estimate of drug-likeness (QED) is 0.783. The zero-order chi connectivity index (χ0) is 12.7. The largest absolute Gasteiger partial charge is 0.497 e. The Bertz CT molecular complexity index is 307. The van der Waals surface area contributed by atoms with Gasteiger partial charge < -0.3 is 10.1 Å². The Balaban J connectivity index is 2.56. The third kappa shape index (κ3) is 4.39. The van der Waals surface area contributed by atoms with Gasteiger partial charge >= 0.3 is 0 Å². The highest BCUT2D eigenvalue weighted by molar-refractivity contribution is 5.27. The Hall–Kier alpha value is -1.02. The molecule has 2 nitrogen and oxygen atoms in total. The maximum absolute atomic E-state index is 5.17. The molecule has 0 aliphatic heterocycles. The van der Waals surface area contributed by atoms with Crippen molar-refractivity contribution in [3.05, 3.63) is 29.8 Å². The molecule has 0 aliphatic carbocycles. The first-order valence-electron chi connectivity index (χ1n) is 6.51. The fourth-order valence-electron chi connectivity index (χ4n) is 2.30. The van der Waals surface area contributed by atoms with Crippen molar-refractivity contribution < 1.29 is 4.74 Å². The van der Waals surface area contributed by atoms with Gasteiger partial charge in [-0.05, 0) is 43.5 Å². The van der Waals surface area contributed by atoms with Gasteiger partial charge in [0, 0.05) is 6.04 Å². The van der Waals surface area contributed by atoms with Crippen molar-refractivity contribution in [3.63, 3.8) is 0 Å². The van der Waals surface area contributed by atoms with Crippen LogP contribution in [0.2, 0.25) is 0 Å². The highest BCUT2D eigenvalue weighted by atomic mass is 16.5. The van der Waals surface area contributed by atoms with Gasteiger partial charge in [-0.15, -0.1) is 0 Å². The lowest BCUT2D eigenvalue weighted by Gasteiger charge is -2.23. The normalized spacial score (nSPS) is 14.4. The second kappa shape index (κ2) is 7.33. The van der Waals surface area contributed by atoms with E-state index in [2.05, 4.69) is 38.3 Å². The summed E-state index contributed by atoms with van der Waals surface area (Å²) < 4.78 is 5.17. The third-order valence-corrected chi connectivity index (χ3v) is 3.37. The maximum Gasteiger partial charge on any atom is 0.118 e. The first-order chi connectivity index (χ1) is 8.21. The first-order valence-corrected chi connectivity index (χ1v) is 6.51. The summed E-state index contributed by atoms with van der Waals surface area (Å²) in [5, 5.41) is 3.42. The van der Waals surface area contributed by atoms with Crippen molar-refractivity contribution in [2.24, 2.45) is 5.92 Å². The van der Waals surface area contributed by atoms with Crippen LogP contribution in [0.15, 0.2) is 24.3 Å². The van der Waals surface area contributed by atoms with Crippen molar-refractivity contribution in [2.75, 3.05) is 14.2 Å². The predicted octanol–water partition coefficient (Wildman–Crippen LogP) is 3.26. The molecule has 0 radical (unpaired) electrons. The van der Waals surface area contributed by atoms with Crippen molar-refractivity contribution in [1.82, 2.24) is 5.32 Å². The SMILES string of the molecule is CCCC(NC)C(C)Cc1ccc(OC)cc1. The zero-order valence-corrected chi connectivity index (χ0v) is 11.5. The van der Waals surface area contributed by atoms with E-state index in [-0.39, 0.29) is 0 Å². The minimum Gasteiger partial charge on any atom is -0.497 e. The molecule has 2 unspecified atom stereocenters. The van der Waals surface area contributed by atoms with Crippen LogP contribution in [0, 0.1) is 5.92 Å². The number of ether oxygens (including phenoxy) is 1. The Morgan fingerprint density at radius 2 is 1.88 bits per heavy atom. The molecule has 2 atom stereocenters. The van der Waals surface area contributed by atoms with Crippen molar-refractivity contribution in [3.8, 4) is 5.75 Å². The fraction of sp³-hybridized carbons (Fsp3) is 0.600. The lowest BCUT2D eigenvalue weighted by atomic mass is 9.91. The highest BCUT2D eigenvalue weighted by Crippen LogP contribution is 2.18. The van der Waals surface area contributed by atoms with Crippen LogP contribution in [0.4, 0.5) is 0 Å². The Kier molecular flexibility index (Phi) is 6.06. The van der Waals surface area contributed by atoms with Gasteiger partial charge in [0.15, 0.2) is 0 Å². The van der Waals surface area contributed by atoms with Gasteiger partial charge in [0.25, 0.3) is 0 Å². The molecule has 0 amide bonds. The molecule has 1 N–H and O–H groups in total. The molecule has 0 bridgehead atoms. The molecule has 17 heavy (non-hydrogen) atoms. The Morgan fingerprint density at radius 3 is 2.35 bits per heavy atom. The van der Waals surface area contributed by atoms with Crippen LogP contribution in [-0.2, 0) is 6.42 Å². The molecule has 0 fully saturated rings. The van der Waals surface area contributed by atoms with Crippen LogP contribution < -0.4 is 10.1 Å². The Morgan fingerprint density at radius 1 is 1.24 bits per heavy atom. The molecule has 0 aliphatic rings. The van der Waals surface area contributed by atoms with Crippen LogP contribution in [0.1, 0.15) is 32.3 Å². The maximum atomic E-state index is 5.17. The lowest BCUT2D eigenvalue weighted by Crippen LogP contribution is -2.33. The molecule has 1 aromatic carbocycles. The van der Waals surface area contributed by atoms with Crippen LogP contribution >= 0.6 is 0 Å². The predicted molar refractivity (Wildman–Crippen MR) is 73.6 cm³/mol. The fourth-order valence-corrected chi connectivity index (χ4v) is 2.30. The van der Waals surface area contributed by atoms with Gasteiger partial charge in [-0.2, -0.15) is 0 Å². The molecule has 0 spiro atoms. The van der Waals surface area contributed by atoms with Gasteiger partial charge in [-0.1, -0.05) is 32.4 Å². The molecular formula is C15H25NO. The molecule has 96 valence electrons. The Labute approximate surface area is 105 Å². The van der Waals surface area contributed by atoms with Gasteiger partial charge in [0.2, 0.25) is 0 Å². The number of hydrogen-bond donors (Lipinski definition) is 1. The van der Waals surface area contributed by atoms with E-state index >= 15 is 0 Å². The summed E-state index contributed by atoms with van der Waals surface area (Å²) in [4.78, 5) is 0. The van der Waals surface area contributed by atoms with E-state index in [4.69, 9.17) is 4.74 Å². The average Bonchev–Trinajstić information content (AvgIpc) is 2.36. The first kappa shape index (κ1) is 14.0. The summed E-state index contributed by atoms with van der Waals surface area (Å²) in [5.41, 5.74) is 1.38. The van der Waals surface area contributed by atoms with E-state index in [1.54, 1.807) is 7.11 Å². The summed E-state index contributed by atoms with van der Waals surface area (Å²) in [6.07, 6.45) is 3.60. The number of hydrogen-bond acceptors (Lipinski definition) is 2. The number of nitrogens with one attached hydrogen (secondary N) is 1. The molecule has 0 saturated carbocycles. The summed E-state index contributed by atoms with van der Waals surface area (Å²) in [6, 6.07) is 9.01. The molecule has 1 aromatic rings. The van der Waals surface area contributed by atoms with Crippen molar-refractivity contribution in [2.45, 2.75) is 39.2 Å². The zero-order valence-electron chi connectivity index (χ0n) is 11.5. The lowest BCUT2D eigenvalue weighted by molar-refractivity contribution is 0.372. The third-order valence-electron chi connectivity index (χ3n) is 3.37. The minimum absolute atomic E-state index is 0.613. The molecule has 0 saturated heterocycles. The van der Waals surface area contributed by atoms with Crippen molar-refractivity contribution >= 4 is 0 Å². The van der Waals surface area contributed by atoms with Crippen LogP contribution in [0.3, 0.4) is 0 Å². The van der Waals surface area contributed by atoms with Gasteiger partial charge in [-0.25, -0.2) is 0 Å². The number of rotatable bonds is 7. The monoisotopic (exact) mass is 235 g/mol. The molecule has 0 aromatic heterocycles. The second-order valence-corrected chi connectivity index (χ2v) is 4.71. The summed E-state index contributed by atoms with van der Waals surface area (Å²) in [5.74, 6) is 1.59. The van der Waals surface area contributed by atoms with E-state index in [1.165, 1.54) is 18.4 Å². The average molecular weight is 235 g/mol. The number of benzene rings is 1. The van der Waals surface area contributed by atoms with E-state index in [1.807, 2.05) is 12.1 Å². The molecular weight excluding hydrogens is 210 g/mol. The van der Waals surface area contributed by atoms with E-state index < -0.39 is 0 Å².